The molecule has 2 fully saturated rings. The number of nitrogens with zero attached hydrogens (tertiary/aromatic N) is 1. The monoisotopic (exact) mass is 238 g/mol. The average Bonchev–Trinajstić information content (AvgIpc) is 2.33. The molecule has 2 aliphatic rings. The highest BCUT2D eigenvalue weighted by Gasteiger charge is 2.33. The minimum atomic E-state index is 0.599. The molecule has 2 heterocycles. The number of rotatable bonds is 3. The lowest BCUT2D eigenvalue weighted by atomic mass is 9.72. The quantitative estimate of drug-likeness (QED) is 0.813. The number of piperidine rings is 2. The van der Waals surface area contributed by atoms with Crippen molar-refractivity contribution in [2.45, 2.75) is 46.5 Å². The summed E-state index contributed by atoms with van der Waals surface area (Å²) in [7, 11) is 0. The summed E-state index contributed by atoms with van der Waals surface area (Å²) < 4.78 is 0. The normalized spacial score (nSPS) is 30.7. The van der Waals surface area contributed by atoms with Crippen molar-refractivity contribution in [3.63, 3.8) is 0 Å². The van der Waals surface area contributed by atoms with Crippen molar-refractivity contribution < 1.29 is 0 Å². The highest BCUT2D eigenvalue weighted by Crippen LogP contribution is 2.38. The first-order valence-electron chi connectivity index (χ1n) is 7.53. The third-order valence-electron chi connectivity index (χ3n) is 5.31. The van der Waals surface area contributed by atoms with Crippen LogP contribution in [0.4, 0.5) is 0 Å². The van der Waals surface area contributed by atoms with Crippen molar-refractivity contribution in [3.05, 3.63) is 0 Å². The summed E-state index contributed by atoms with van der Waals surface area (Å²) in [5, 5.41) is 3.53. The SMILES string of the molecule is CC(C)C1(C)CCN(CC2CCCNC2)CC1. The molecule has 1 atom stereocenters. The Morgan fingerprint density at radius 1 is 1.29 bits per heavy atom. The molecular weight excluding hydrogens is 208 g/mol. The van der Waals surface area contributed by atoms with Crippen LogP contribution < -0.4 is 5.32 Å². The summed E-state index contributed by atoms with van der Waals surface area (Å²) in [5.41, 5.74) is 0.599. The summed E-state index contributed by atoms with van der Waals surface area (Å²) in [6.45, 7) is 13.7. The van der Waals surface area contributed by atoms with E-state index in [0.29, 0.717) is 5.41 Å². The Kier molecular flexibility index (Phi) is 4.48. The minimum Gasteiger partial charge on any atom is -0.316 e. The molecule has 17 heavy (non-hydrogen) atoms. The number of hydrogen-bond acceptors (Lipinski definition) is 2. The summed E-state index contributed by atoms with van der Waals surface area (Å²) in [6, 6.07) is 0. The molecule has 2 nitrogen and oxygen atoms in total. The second-order valence-electron chi connectivity index (χ2n) is 6.82. The van der Waals surface area contributed by atoms with Crippen molar-refractivity contribution in [2.24, 2.45) is 17.3 Å². The van der Waals surface area contributed by atoms with Crippen LogP contribution in [0, 0.1) is 17.3 Å². The number of nitrogens with one attached hydrogen (secondary N) is 1. The standard InChI is InChI=1S/C15H30N2/c1-13(2)15(3)6-9-17(10-7-15)12-14-5-4-8-16-11-14/h13-14,16H,4-12H2,1-3H3. The van der Waals surface area contributed by atoms with Crippen LogP contribution in [0.3, 0.4) is 0 Å². The average molecular weight is 238 g/mol. The van der Waals surface area contributed by atoms with Crippen LogP contribution >= 0.6 is 0 Å². The number of hydrogen-bond donors (Lipinski definition) is 1. The Morgan fingerprint density at radius 2 is 2.00 bits per heavy atom. The van der Waals surface area contributed by atoms with Gasteiger partial charge < -0.3 is 10.2 Å². The highest BCUT2D eigenvalue weighted by atomic mass is 15.1. The van der Waals surface area contributed by atoms with Crippen LogP contribution in [-0.2, 0) is 0 Å². The predicted octanol–water partition coefficient (Wildman–Crippen LogP) is 2.74. The summed E-state index contributed by atoms with van der Waals surface area (Å²) in [6.07, 6.45) is 5.60. The van der Waals surface area contributed by atoms with E-state index in [1.54, 1.807) is 0 Å². The maximum absolute atomic E-state index is 3.53. The van der Waals surface area contributed by atoms with Gasteiger partial charge in [0.1, 0.15) is 0 Å². The molecule has 0 spiro atoms. The molecule has 2 heteroatoms. The highest BCUT2D eigenvalue weighted by molar-refractivity contribution is 4.85. The van der Waals surface area contributed by atoms with E-state index < -0.39 is 0 Å². The smallest absolute Gasteiger partial charge is 0.00218 e. The molecule has 100 valence electrons. The van der Waals surface area contributed by atoms with E-state index in [1.165, 1.54) is 58.4 Å². The molecule has 0 aliphatic carbocycles. The van der Waals surface area contributed by atoms with Gasteiger partial charge >= 0.3 is 0 Å². The summed E-state index contributed by atoms with van der Waals surface area (Å²) in [4.78, 5) is 2.71. The van der Waals surface area contributed by atoms with Crippen molar-refractivity contribution in [1.29, 1.82) is 0 Å². The van der Waals surface area contributed by atoms with Crippen LogP contribution in [-0.4, -0.2) is 37.6 Å². The van der Waals surface area contributed by atoms with Crippen molar-refractivity contribution in [3.8, 4) is 0 Å². The minimum absolute atomic E-state index is 0.599. The Morgan fingerprint density at radius 3 is 2.53 bits per heavy atom. The van der Waals surface area contributed by atoms with Crippen molar-refractivity contribution in [1.82, 2.24) is 10.2 Å². The van der Waals surface area contributed by atoms with Gasteiger partial charge in [-0.05, 0) is 69.1 Å². The van der Waals surface area contributed by atoms with E-state index in [4.69, 9.17) is 0 Å². The first-order chi connectivity index (χ1) is 8.10. The van der Waals surface area contributed by atoms with Gasteiger partial charge in [0, 0.05) is 6.54 Å². The van der Waals surface area contributed by atoms with Crippen LogP contribution in [0.2, 0.25) is 0 Å². The molecule has 1 unspecified atom stereocenters. The van der Waals surface area contributed by atoms with Crippen LogP contribution in [0.5, 0.6) is 0 Å². The lowest BCUT2D eigenvalue weighted by molar-refractivity contribution is 0.0663. The molecule has 0 amide bonds. The molecule has 0 radical (unpaired) electrons. The molecule has 0 aromatic heterocycles. The van der Waals surface area contributed by atoms with Gasteiger partial charge in [-0.1, -0.05) is 20.8 Å². The van der Waals surface area contributed by atoms with Gasteiger partial charge in [-0.15, -0.1) is 0 Å². The maximum atomic E-state index is 3.53. The second-order valence-corrected chi connectivity index (χ2v) is 6.82. The summed E-state index contributed by atoms with van der Waals surface area (Å²) in [5.74, 6) is 1.74. The second kappa shape index (κ2) is 5.71. The fraction of sp³-hybridized carbons (Fsp3) is 1.00. The van der Waals surface area contributed by atoms with E-state index in [2.05, 4.69) is 31.0 Å². The van der Waals surface area contributed by atoms with Crippen molar-refractivity contribution >= 4 is 0 Å². The van der Waals surface area contributed by atoms with Gasteiger partial charge in [0.05, 0.1) is 0 Å². The van der Waals surface area contributed by atoms with Gasteiger partial charge in [-0.2, -0.15) is 0 Å². The zero-order chi connectivity index (χ0) is 12.3. The Bertz CT molecular complexity index is 223. The molecule has 1 N–H and O–H groups in total. The lowest BCUT2D eigenvalue weighted by Crippen LogP contribution is -2.45. The zero-order valence-corrected chi connectivity index (χ0v) is 12.0. The first-order valence-corrected chi connectivity index (χ1v) is 7.53. The molecule has 0 bridgehead atoms. The van der Waals surface area contributed by atoms with Crippen molar-refractivity contribution in [2.75, 3.05) is 32.7 Å². The van der Waals surface area contributed by atoms with Gasteiger partial charge in [-0.25, -0.2) is 0 Å². The fourth-order valence-electron chi connectivity index (χ4n) is 3.27. The predicted molar refractivity (Wildman–Crippen MR) is 74.2 cm³/mol. The number of likely N-dealkylation sites (tertiary alicyclic amines) is 1. The third kappa shape index (κ3) is 3.45. The molecule has 0 aromatic rings. The van der Waals surface area contributed by atoms with E-state index in [9.17, 15) is 0 Å². The fourth-order valence-corrected chi connectivity index (χ4v) is 3.27. The Labute approximate surface area is 107 Å². The third-order valence-corrected chi connectivity index (χ3v) is 5.31. The van der Waals surface area contributed by atoms with Gasteiger partial charge in [0.25, 0.3) is 0 Å². The molecule has 0 aromatic carbocycles. The van der Waals surface area contributed by atoms with E-state index in [0.717, 1.165) is 11.8 Å². The van der Waals surface area contributed by atoms with Crippen LogP contribution in [0.1, 0.15) is 46.5 Å². The van der Waals surface area contributed by atoms with Crippen LogP contribution in [0.15, 0.2) is 0 Å². The topological polar surface area (TPSA) is 15.3 Å². The Balaban J connectivity index is 1.75. The zero-order valence-electron chi connectivity index (χ0n) is 12.0. The molecule has 0 saturated carbocycles. The lowest BCUT2D eigenvalue weighted by Gasteiger charge is -2.43. The Hall–Kier alpha value is -0.0800. The molecule has 2 aliphatic heterocycles. The largest absolute Gasteiger partial charge is 0.316 e. The van der Waals surface area contributed by atoms with Gasteiger partial charge in [0.15, 0.2) is 0 Å². The van der Waals surface area contributed by atoms with Crippen LogP contribution in [0.25, 0.3) is 0 Å². The molecular formula is C15H30N2. The molecule has 2 rings (SSSR count). The van der Waals surface area contributed by atoms with Gasteiger partial charge in [0.2, 0.25) is 0 Å². The first kappa shape index (κ1) is 13.4. The molecule has 2 saturated heterocycles. The van der Waals surface area contributed by atoms with E-state index in [1.807, 2.05) is 0 Å². The maximum Gasteiger partial charge on any atom is 0.00218 e. The van der Waals surface area contributed by atoms with E-state index in [-0.39, 0.29) is 0 Å². The van der Waals surface area contributed by atoms with Gasteiger partial charge in [-0.3, -0.25) is 0 Å². The summed E-state index contributed by atoms with van der Waals surface area (Å²) >= 11 is 0. The van der Waals surface area contributed by atoms with E-state index >= 15 is 0 Å².